The lowest BCUT2D eigenvalue weighted by molar-refractivity contribution is -0.148. The SMILES string of the molecule is CC[C@H](CC(=O)N1CC(O)CC1C(=O)O)NC(=O)OCC1c2ccccc2-c2ccccc21. The van der Waals surface area contributed by atoms with Gasteiger partial charge in [0.05, 0.1) is 6.10 Å². The molecule has 2 unspecified atom stereocenters. The van der Waals surface area contributed by atoms with Crippen LogP contribution in [0.3, 0.4) is 0 Å². The second kappa shape index (κ2) is 9.62. The predicted octanol–water partition coefficient (Wildman–Crippen LogP) is 2.74. The normalized spacial score (nSPS) is 20.1. The van der Waals surface area contributed by atoms with Crippen molar-refractivity contribution in [1.82, 2.24) is 10.2 Å². The molecule has 174 valence electrons. The Morgan fingerprint density at radius 1 is 1.09 bits per heavy atom. The molecule has 2 aromatic rings. The molecule has 2 aromatic carbocycles. The summed E-state index contributed by atoms with van der Waals surface area (Å²) in [5, 5.41) is 21.8. The van der Waals surface area contributed by atoms with E-state index >= 15 is 0 Å². The Labute approximate surface area is 192 Å². The second-order valence-corrected chi connectivity index (χ2v) is 8.57. The molecule has 0 radical (unpaired) electrons. The van der Waals surface area contributed by atoms with Gasteiger partial charge in [0.2, 0.25) is 5.91 Å². The lowest BCUT2D eigenvalue weighted by Crippen LogP contribution is -2.44. The third-order valence-electron chi connectivity index (χ3n) is 6.46. The number of aliphatic hydroxyl groups is 1. The molecule has 3 atom stereocenters. The number of carboxylic acids is 1. The molecule has 0 bridgehead atoms. The maximum absolute atomic E-state index is 12.7. The number of amides is 2. The van der Waals surface area contributed by atoms with Gasteiger partial charge in [0.25, 0.3) is 0 Å². The van der Waals surface area contributed by atoms with Gasteiger partial charge in [-0.25, -0.2) is 9.59 Å². The lowest BCUT2D eigenvalue weighted by atomic mass is 9.98. The van der Waals surface area contributed by atoms with E-state index in [-0.39, 0.29) is 31.9 Å². The molecule has 1 aliphatic heterocycles. The van der Waals surface area contributed by atoms with Gasteiger partial charge in [0.1, 0.15) is 12.6 Å². The Bertz CT molecular complexity index is 1010. The van der Waals surface area contributed by atoms with Crippen LogP contribution in [0.2, 0.25) is 0 Å². The number of carbonyl (C=O) groups excluding carboxylic acids is 2. The summed E-state index contributed by atoms with van der Waals surface area (Å²) in [6.45, 7) is 1.98. The number of likely N-dealkylation sites (tertiary alicyclic amines) is 1. The van der Waals surface area contributed by atoms with Gasteiger partial charge in [-0.05, 0) is 28.7 Å². The zero-order chi connectivity index (χ0) is 23.5. The van der Waals surface area contributed by atoms with Crippen molar-refractivity contribution in [3.05, 3.63) is 59.7 Å². The molecule has 3 N–H and O–H groups in total. The standard InChI is InChI=1S/C25H28N2O6/c1-2-15(11-23(29)27-13-16(28)12-22(27)24(30)31)26-25(32)33-14-21-19-9-5-3-7-17(19)18-8-4-6-10-20(18)21/h3-10,15-16,21-22,28H,2,11-14H2,1H3,(H,26,32)(H,30,31)/t15-,16?,22?/m1/s1. The molecule has 2 aliphatic rings. The molecule has 1 aliphatic carbocycles. The van der Waals surface area contributed by atoms with Crippen LogP contribution in [0.25, 0.3) is 11.1 Å². The molecular formula is C25H28N2O6. The summed E-state index contributed by atoms with van der Waals surface area (Å²) in [6.07, 6.45) is -1.04. The molecule has 33 heavy (non-hydrogen) atoms. The molecule has 8 heteroatoms. The molecular weight excluding hydrogens is 424 g/mol. The summed E-state index contributed by atoms with van der Waals surface area (Å²) in [5.74, 6) is -1.62. The average Bonchev–Trinajstić information content (AvgIpc) is 3.35. The van der Waals surface area contributed by atoms with Crippen molar-refractivity contribution >= 4 is 18.0 Å². The predicted molar refractivity (Wildman–Crippen MR) is 121 cm³/mol. The Kier molecular flexibility index (Phi) is 6.65. The average molecular weight is 453 g/mol. The van der Waals surface area contributed by atoms with Crippen LogP contribution < -0.4 is 5.32 Å². The van der Waals surface area contributed by atoms with Gasteiger partial charge in [-0.2, -0.15) is 0 Å². The Hall–Kier alpha value is -3.39. The monoisotopic (exact) mass is 452 g/mol. The van der Waals surface area contributed by atoms with E-state index in [4.69, 9.17) is 4.74 Å². The highest BCUT2D eigenvalue weighted by Crippen LogP contribution is 2.44. The van der Waals surface area contributed by atoms with Crippen molar-refractivity contribution in [3.63, 3.8) is 0 Å². The molecule has 2 amide bonds. The first-order valence-electron chi connectivity index (χ1n) is 11.2. The minimum absolute atomic E-state index is 0.0116. The van der Waals surface area contributed by atoms with Gasteiger partial charge in [0.15, 0.2) is 0 Å². The number of fused-ring (bicyclic) bond motifs is 3. The van der Waals surface area contributed by atoms with Crippen LogP contribution >= 0.6 is 0 Å². The Morgan fingerprint density at radius 3 is 2.27 bits per heavy atom. The number of carbonyl (C=O) groups is 3. The van der Waals surface area contributed by atoms with Crippen LogP contribution in [0.4, 0.5) is 4.79 Å². The third-order valence-corrected chi connectivity index (χ3v) is 6.46. The summed E-state index contributed by atoms with van der Waals surface area (Å²) in [4.78, 5) is 37.7. The second-order valence-electron chi connectivity index (χ2n) is 8.57. The van der Waals surface area contributed by atoms with E-state index in [9.17, 15) is 24.6 Å². The minimum atomic E-state index is -1.14. The summed E-state index contributed by atoms with van der Waals surface area (Å²) < 4.78 is 5.55. The number of carboxylic acid groups (broad SMARTS) is 1. The fourth-order valence-corrected chi connectivity index (χ4v) is 4.76. The minimum Gasteiger partial charge on any atom is -0.480 e. The van der Waals surface area contributed by atoms with Crippen LogP contribution in [-0.2, 0) is 14.3 Å². The number of aliphatic carboxylic acids is 1. The molecule has 8 nitrogen and oxygen atoms in total. The molecule has 4 rings (SSSR count). The first-order chi connectivity index (χ1) is 15.9. The van der Waals surface area contributed by atoms with E-state index in [2.05, 4.69) is 17.4 Å². The zero-order valence-corrected chi connectivity index (χ0v) is 18.4. The molecule has 0 spiro atoms. The van der Waals surface area contributed by atoms with Crippen molar-refractivity contribution in [1.29, 1.82) is 0 Å². The van der Waals surface area contributed by atoms with E-state index in [1.165, 1.54) is 4.90 Å². The summed E-state index contributed by atoms with van der Waals surface area (Å²) in [5.41, 5.74) is 4.50. The van der Waals surface area contributed by atoms with Crippen molar-refractivity contribution in [2.75, 3.05) is 13.2 Å². The number of ether oxygens (including phenoxy) is 1. The molecule has 1 fully saturated rings. The van der Waals surface area contributed by atoms with Crippen molar-refractivity contribution in [2.45, 2.75) is 50.3 Å². The first-order valence-corrected chi connectivity index (χ1v) is 11.2. The molecule has 1 saturated heterocycles. The van der Waals surface area contributed by atoms with E-state index in [1.54, 1.807) is 0 Å². The number of β-amino-alcohol motifs (C(OH)–C–C–N with tert-alkyl or cyclic N) is 1. The fraction of sp³-hybridized carbons (Fsp3) is 0.400. The Balaban J connectivity index is 1.36. The quantitative estimate of drug-likeness (QED) is 0.595. The fourth-order valence-electron chi connectivity index (χ4n) is 4.76. The maximum Gasteiger partial charge on any atom is 0.407 e. The maximum atomic E-state index is 12.7. The van der Waals surface area contributed by atoms with Crippen LogP contribution in [0.5, 0.6) is 0 Å². The van der Waals surface area contributed by atoms with Gasteiger partial charge in [0, 0.05) is 31.3 Å². The largest absolute Gasteiger partial charge is 0.480 e. The summed E-state index contributed by atoms with van der Waals surface area (Å²) >= 11 is 0. The molecule has 0 saturated carbocycles. The van der Waals surface area contributed by atoms with Crippen LogP contribution in [-0.4, -0.2) is 64.4 Å². The van der Waals surface area contributed by atoms with Crippen LogP contribution in [0.1, 0.15) is 43.2 Å². The highest BCUT2D eigenvalue weighted by atomic mass is 16.5. The number of benzene rings is 2. The smallest absolute Gasteiger partial charge is 0.407 e. The molecule has 0 aromatic heterocycles. The zero-order valence-electron chi connectivity index (χ0n) is 18.4. The Morgan fingerprint density at radius 2 is 1.70 bits per heavy atom. The van der Waals surface area contributed by atoms with Crippen LogP contribution in [0, 0.1) is 0 Å². The van der Waals surface area contributed by atoms with Gasteiger partial charge in [-0.15, -0.1) is 0 Å². The first kappa shape index (κ1) is 22.8. The van der Waals surface area contributed by atoms with E-state index in [1.807, 2.05) is 43.3 Å². The van der Waals surface area contributed by atoms with Crippen molar-refractivity contribution < 1.29 is 29.3 Å². The van der Waals surface area contributed by atoms with E-state index < -0.39 is 36.2 Å². The van der Waals surface area contributed by atoms with Gasteiger partial charge in [-0.3, -0.25) is 4.79 Å². The number of aliphatic hydroxyl groups excluding tert-OH is 1. The highest BCUT2D eigenvalue weighted by molar-refractivity contribution is 5.85. The van der Waals surface area contributed by atoms with Gasteiger partial charge < -0.3 is 25.2 Å². The van der Waals surface area contributed by atoms with Crippen molar-refractivity contribution in [2.24, 2.45) is 0 Å². The number of nitrogens with one attached hydrogen (secondary N) is 1. The summed E-state index contributed by atoms with van der Waals surface area (Å²) in [7, 11) is 0. The van der Waals surface area contributed by atoms with E-state index in [0.29, 0.717) is 6.42 Å². The number of hydrogen-bond acceptors (Lipinski definition) is 5. The number of nitrogens with zero attached hydrogens (tertiary/aromatic N) is 1. The van der Waals surface area contributed by atoms with E-state index in [0.717, 1.165) is 22.3 Å². The van der Waals surface area contributed by atoms with Crippen molar-refractivity contribution in [3.8, 4) is 11.1 Å². The highest BCUT2D eigenvalue weighted by Gasteiger charge is 2.39. The number of alkyl carbamates (subject to hydrolysis) is 1. The van der Waals surface area contributed by atoms with Crippen LogP contribution in [0.15, 0.2) is 48.5 Å². The van der Waals surface area contributed by atoms with Gasteiger partial charge >= 0.3 is 12.1 Å². The number of hydrogen-bond donors (Lipinski definition) is 3. The van der Waals surface area contributed by atoms with Gasteiger partial charge in [-0.1, -0.05) is 55.5 Å². The lowest BCUT2D eigenvalue weighted by Gasteiger charge is -2.24. The number of rotatable bonds is 7. The third kappa shape index (κ3) is 4.71. The molecule has 1 heterocycles. The summed E-state index contributed by atoms with van der Waals surface area (Å²) in [6, 6.07) is 14.6. The topological polar surface area (TPSA) is 116 Å².